The minimum Gasteiger partial charge on any atom is -0.462 e. The van der Waals surface area contributed by atoms with E-state index in [1.807, 2.05) is 0 Å². The molecule has 1 aromatic rings. The molecule has 6 heteroatoms. The smallest absolute Gasteiger partial charge is 0.335 e. The van der Waals surface area contributed by atoms with Crippen LogP contribution in [0.3, 0.4) is 0 Å². The summed E-state index contributed by atoms with van der Waals surface area (Å²) in [5, 5.41) is 22.7. The second-order valence-corrected chi connectivity index (χ2v) is 11.5. The second kappa shape index (κ2) is 7.42. The van der Waals surface area contributed by atoms with Crippen molar-refractivity contribution in [3.05, 3.63) is 34.4 Å². The summed E-state index contributed by atoms with van der Waals surface area (Å²) in [5.74, 6) is 0.469. The monoisotopic (exact) mass is 444 g/mol. The zero-order valence-electron chi connectivity index (χ0n) is 19.4. The molecule has 1 heterocycles. The summed E-state index contributed by atoms with van der Waals surface area (Å²) < 4.78 is 11.0. The van der Waals surface area contributed by atoms with Gasteiger partial charge in [-0.1, -0.05) is 13.8 Å². The van der Waals surface area contributed by atoms with Gasteiger partial charge in [0, 0.05) is 30.7 Å². The molecule has 176 valence electrons. The van der Waals surface area contributed by atoms with Crippen molar-refractivity contribution in [2.45, 2.75) is 95.9 Å². The third-order valence-electron chi connectivity index (χ3n) is 10.2. The van der Waals surface area contributed by atoms with Crippen molar-refractivity contribution >= 4 is 5.97 Å². The number of rotatable bonds is 2. The lowest BCUT2D eigenvalue weighted by molar-refractivity contribution is -0.205. The maximum Gasteiger partial charge on any atom is 0.335 e. The first-order valence-electron chi connectivity index (χ1n) is 12.2. The van der Waals surface area contributed by atoms with Gasteiger partial charge >= 0.3 is 11.6 Å². The minimum absolute atomic E-state index is 0.133. The standard InChI is InChI=1S/C26H36O6/c1-15(27)32-21-13-26(30)20-6-5-17-12-18(28)8-10-24(17,2)19(20)9-11-25(26,3)23(21)16-4-7-22(29)31-14-16/h4,7,14,17-21,23,28,30H,5-6,8-13H2,1-3H3/t17?,18?,19-,20+,21?,23-,24-,25+,26-/m0/s1. The highest BCUT2D eigenvalue weighted by molar-refractivity contribution is 5.66. The molecule has 32 heavy (non-hydrogen) atoms. The van der Waals surface area contributed by atoms with Gasteiger partial charge in [0.25, 0.3) is 0 Å². The summed E-state index contributed by atoms with van der Waals surface area (Å²) in [6.45, 7) is 5.94. The van der Waals surface area contributed by atoms with E-state index in [-0.39, 0.29) is 29.3 Å². The summed E-state index contributed by atoms with van der Waals surface area (Å²) in [7, 11) is 0. The number of hydrogen-bond donors (Lipinski definition) is 2. The fourth-order valence-electron chi connectivity index (χ4n) is 8.67. The van der Waals surface area contributed by atoms with E-state index < -0.39 is 22.7 Å². The summed E-state index contributed by atoms with van der Waals surface area (Å²) >= 11 is 0. The van der Waals surface area contributed by atoms with Crippen LogP contribution in [-0.2, 0) is 9.53 Å². The third kappa shape index (κ3) is 3.05. The molecule has 0 bridgehead atoms. The molecule has 0 aromatic carbocycles. The van der Waals surface area contributed by atoms with Crippen LogP contribution in [0.2, 0.25) is 0 Å². The predicted octanol–water partition coefficient (Wildman–Crippen LogP) is 3.78. The maximum absolute atomic E-state index is 12.5. The van der Waals surface area contributed by atoms with Crippen LogP contribution in [0.1, 0.15) is 83.6 Å². The molecule has 0 radical (unpaired) electrons. The van der Waals surface area contributed by atoms with E-state index in [2.05, 4.69) is 13.8 Å². The van der Waals surface area contributed by atoms with E-state index >= 15 is 0 Å². The lowest BCUT2D eigenvalue weighted by Crippen LogP contribution is -2.62. The highest BCUT2D eigenvalue weighted by atomic mass is 16.5. The fraction of sp³-hybridized carbons (Fsp3) is 0.769. The SMILES string of the molecule is CC(=O)OC1C[C@]2(O)[C@@H]3CCC4CC(O)CC[C@]4(C)[C@H]3CC[C@]2(C)[C@H]1c1ccc(=O)oc1. The Bertz CT molecular complexity index is 935. The van der Waals surface area contributed by atoms with E-state index in [4.69, 9.17) is 9.15 Å². The number of fused-ring (bicyclic) bond motifs is 5. The molecule has 3 unspecified atom stereocenters. The number of esters is 1. The Morgan fingerprint density at radius 2 is 1.91 bits per heavy atom. The Balaban J connectivity index is 1.55. The first-order chi connectivity index (χ1) is 15.1. The fourth-order valence-corrected chi connectivity index (χ4v) is 8.67. The molecule has 1 aromatic heterocycles. The Labute approximate surface area is 189 Å². The Morgan fingerprint density at radius 3 is 2.59 bits per heavy atom. The zero-order chi connectivity index (χ0) is 22.9. The summed E-state index contributed by atoms with van der Waals surface area (Å²) in [6, 6.07) is 3.17. The molecule has 0 saturated heterocycles. The minimum atomic E-state index is -0.957. The lowest BCUT2D eigenvalue weighted by Gasteiger charge is -2.63. The molecule has 6 nitrogen and oxygen atoms in total. The van der Waals surface area contributed by atoms with Gasteiger partial charge < -0.3 is 19.4 Å². The zero-order valence-corrected chi connectivity index (χ0v) is 19.4. The largest absolute Gasteiger partial charge is 0.462 e. The van der Waals surface area contributed by atoms with Gasteiger partial charge in [-0.05, 0) is 79.7 Å². The highest BCUT2D eigenvalue weighted by Gasteiger charge is 2.70. The topological polar surface area (TPSA) is 97.0 Å². The molecule has 9 atom stereocenters. The van der Waals surface area contributed by atoms with Crippen molar-refractivity contribution in [1.29, 1.82) is 0 Å². The normalized spacial score (nSPS) is 47.8. The van der Waals surface area contributed by atoms with Crippen molar-refractivity contribution in [3.63, 3.8) is 0 Å². The van der Waals surface area contributed by atoms with Gasteiger partial charge in [0.15, 0.2) is 0 Å². The van der Waals surface area contributed by atoms with Gasteiger partial charge in [0.05, 0.1) is 18.0 Å². The molecule has 0 aliphatic heterocycles. The van der Waals surface area contributed by atoms with E-state index in [1.54, 1.807) is 6.07 Å². The summed E-state index contributed by atoms with van der Waals surface area (Å²) in [4.78, 5) is 23.6. The van der Waals surface area contributed by atoms with Crippen molar-refractivity contribution in [2.24, 2.45) is 28.6 Å². The molecule has 4 fully saturated rings. The first kappa shape index (κ1) is 22.1. The number of carbonyl (C=O) groups is 1. The van der Waals surface area contributed by atoms with Gasteiger partial charge in [-0.25, -0.2) is 4.79 Å². The van der Waals surface area contributed by atoms with E-state index in [9.17, 15) is 19.8 Å². The van der Waals surface area contributed by atoms with Gasteiger partial charge in [0.2, 0.25) is 0 Å². The van der Waals surface area contributed by atoms with Crippen molar-refractivity contribution in [3.8, 4) is 0 Å². The highest BCUT2D eigenvalue weighted by Crippen LogP contribution is 2.70. The summed E-state index contributed by atoms with van der Waals surface area (Å²) in [6.07, 6.45) is 7.78. The van der Waals surface area contributed by atoms with Crippen LogP contribution in [0.15, 0.2) is 27.6 Å². The number of hydrogen-bond acceptors (Lipinski definition) is 6. The van der Waals surface area contributed by atoms with Gasteiger partial charge in [-0.3, -0.25) is 4.79 Å². The van der Waals surface area contributed by atoms with Crippen LogP contribution in [0.5, 0.6) is 0 Å². The van der Waals surface area contributed by atoms with Crippen LogP contribution in [0.25, 0.3) is 0 Å². The molecule has 4 aliphatic rings. The second-order valence-electron chi connectivity index (χ2n) is 11.5. The Morgan fingerprint density at radius 1 is 1.12 bits per heavy atom. The number of aliphatic hydroxyl groups excluding tert-OH is 1. The van der Waals surface area contributed by atoms with Crippen LogP contribution < -0.4 is 5.63 Å². The van der Waals surface area contributed by atoms with Crippen LogP contribution in [0.4, 0.5) is 0 Å². The van der Waals surface area contributed by atoms with Gasteiger partial charge in [-0.2, -0.15) is 0 Å². The number of aliphatic hydroxyl groups is 2. The molecular weight excluding hydrogens is 408 g/mol. The van der Waals surface area contributed by atoms with Crippen molar-refractivity contribution in [2.75, 3.05) is 0 Å². The van der Waals surface area contributed by atoms with Crippen molar-refractivity contribution in [1.82, 2.24) is 0 Å². The Kier molecular flexibility index (Phi) is 5.14. The van der Waals surface area contributed by atoms with E-state index in [0.29, 0.717) is 18.3 Å². The predicted molar refractivity (Wildman–Crippen MR) is 118 cm³/mol. The maximum atomic E-state index is 12.5. The van der Waals surface area contributed by atoms with Crippen LogP contribution in [0, 0.1) is 28.6 Å². The summed E-state index contributed by atoms with van der Waals surface area (Å²) in [5.41, 5.74) is -0.903. The van der Waals surface area contributed by atoms with E-state index in [1.165, 1.54) is 19.3 Å². The molecule has 0 amide bonds. The van der Waals surface area contributed by atoms with Crippen molar-refractivity contribution < 1.29 is 24.2 Å². The number of ether oxygens (including phenoxy) is 1. The molecule has 2 N–H and O–H groups in total. The average Bonchev–Trinajstić information content (AvgIpc) is 2.95. The van der Waals surface area contributed by atoms with Gasteiger partial charge in [0.1, 0.15) is 6.10 Å². The third-order valence-corrected chi connectivity index (χ3v) is 10.2. The lowest BCUT2D eigenvalue weighted by atomic mass is 9.43. The molecule has 5 rings (SSSR count). The van der Waals surface area contributed by atoms with Crippen LogP contribution in [-0.4, -0.2) is 34.0 Å². The van der Waals surface area contributed by atoms with E-state index in [0.717, 1.165) is 50.5 Å². The number of carbonyl (C=O) groups excluding carboxylic acids is 1. The Hall–Kier alpha value is -1.66. The van der Waals surface area contributed by atoms with Gasteiger partial charge in [-0.15, -0.1) is 0 Å². The average molecular weight is 445 g/mol. The van der Waals surface area contributed by atoms with Crippen LogP contribution >= 0.6 is 0 Å². The quantitative estimate of drug-likeness (QED) is 0.674. The first-order valence-corrected chi connectivity index (χ1v) is 12.2. The molecule has 4 saturated carbocycles. The molecule has 4 aliphatic carbocycles. The molecular formula is C26H36O6. The molecule has 0 spiro atoms.